The van der Waals surface area contributed by atoms with Crippen LogP contribution < -0.4 is 5.32 Å². The van der Waals surface area contributed by atoms with E-state index in [-0.39, 0.29) is 12.6 Å². The zero-order chi connectivity index (χ0) is 15.2. The molecule has 21 heavy (non-hydrogen) atoms. The third kappa shape index (κ3) is 4.82. The predicted molar refractivity (Wildman–Crippen MR) is 89.3 cm³/mol. The lowest BCUT2D eigenvalue weighted by Crippen LogP contribution is -2.49. The summed E-state index contributed by atoms with van der Waals surface area (Å²) in [6, 6.07) is 11.2. The van der Waals surface area contributed by atoms with E-state index in [1.807, 2.05) is 6.07 Å². The molecule has 1 aliphatic rings. The molecule has 1 aromatic rings. The Bertz CT molecular complexity index is 403. The number of nitrogens with one attached hydrogen (secondary N) is 1. The fourth-order valence-electron chi connectivity index (χ4n) is 3.77. The van der Waals surface area contributed by atoms with Gasteiger partial charge >= 0.3 is 0 Å². The largest absolute Gasteiger partial charge is 0.395 e. The van der Waals surface area contributed by atoms with E-state index in [1.54, 1.807) is 0 Å². The van der Waals surface area contributed by atoms with Crippen molar-refractivity contribution in [2.24, 2.45) is 17.8 Å². The van der Waals surface area contributed by atoms with Crippen molar-refractivity contribution in [3.8, 4) is 0 Å². The maximum Gasteiger partial charge on any atom is 0.0587 e. The van der Waals surface area contributed by atoms with Crippen LogP contribution in [0.4, 0.5) is 0 Å². The van der Waals surface area contributed by atoms with Gasteiger partial charge in [0.15, 0.2) is 0 Å². The molecule has 0 aromatic heterocycles. The number of hydrogen-bond acceptors (Lipinski definition) is 2. The summed E-state index contributed by atoms with van der Waals surface area (Å²) in [5.41, 5.74) is 1.30. The summed E-state index contributed by atoms with van der Waals surface area (Å²) in [4.78, 5) is 0. The molecule has 0 bridgehead atoms. The average molecular weight is 289 g/mol. The molecule has 1 fully saturated rings. The summed E-state index contributed by atoms with van der Waals surface area (Å²) in [7, 11) is 0. The molecule has 2 heteroatoms. The summed E-state index contributed by atoms with van der Waals surface area (Å²) < 4.78 is 0. The first-order valence-electron chi connectivity index (χ1n) is 8.51. The molecule has 0 amide bonds. The smallest absolute Gasteiger partial charge is 0.0587 e. The van der Waals surface area contributed by atoms with Gasteiger partial charge in [-0.1, -0.05) is 57.5 Å². The van der Waals surface area contributed by atoms with E-state index in [0.717, 1.165) is 18.3 Å². The maximum absolute atomic E-state index is 9.75. The van der Waals surface area contributed by atoms with E-state index in [2.05, 4.69) is 50.4 Å². The Morgan fingerprint density at radius 3 is 2.52 bits per heavy atom. The summed E-state index contributed by atoms with van der Waals surface area (Å²) in [5.74, 6) is 2.26. The van der Waals surface area contributed by atoms with Crippen LogP contribution in [0.1, 0.15) is 45.6 Å². The molecule has 2 rings (SSSR count). The van der Waals surface area contributed by atoms with Crippen LogP contribution >= 0.6 is 0 Å². The average Bonchev–Trinajstić information content (AvgIpc) is 2.47. The lowest BCUT2D eigenvalue weighted by molar-refractivity contribution is 0.139. The molecule has 0 radical (unpaired) electrons. The molecule has 2 nitrogen and oxygen atoms in total. The monoisotopic (exact) mass is 289 g/mol. The Morgan fingerprint density at radius 2 is 1.90 bits per heavy atom. The van der Waals surface area contributed by atoms with Crippen LogP contribution in [0.3, 0.4) is 0 Å². The second-order valence-electron chi connectivity index (χ2n) is 7.17. The normalized spacial score (nSPS) is 27.8. The maximum atomic E-state index is 9.75. The molecular weight excluding hydrogens is 258 g/mol. The lowest BCUT2D eigenvalue weighted by Gasteiger charge is -2.39. The summed E-state index contributed by atoms with van der Waals surface area (Å²) >= 11 is 0. The first kappa shape index (κ1) is 16.5. The van der Waals surface area contributed by atoms with Crippen molar-refractivity contribution in [3.05, 3.63) is 35.9 Å². The number of aliphatic hydroxyl groups excluding tert-OH is 1. The van der Waals surface area contributed by atoms with E-state index >= 15 is 0 Å². The Kier molecular flexibility index (Phi) is 6.25. The van der Waals surface area contributed by atoms with Crippen molar-refractivity contribution in [3.63, 3.8) is 0 Å². The predicted octanol–water partition coefficient (Wildman–Crippen LogP) is 3.64. The van der Waals surface area contributed by atoms with Gasteiger partial charge < -0.3 is 10.4 Å². The highest BCUT2D eigenvalue weighted by molar-refractivity contribution is 5.16. The number of rotatable bonds is 6. The van der Waals surface area contributed by atoms with Crippen molar-refractivity contribution in [1.29, 1.82) is 0 Å². The van der Waals surface area contributed by atoms with E-state index in [0.29, 0.717) is 12.0 Å². The fourth-order valence-corrected chi connectivity index (χ4v) is 3.77. The first-order chi connectivity index (χ1) is 10.1. The minimum atomic E-state index is 0.170. The third-order valence-electron chi connectivity index (χ3n) is 5.02. The molecule has 1 saturated carbocycles. The van der Waals surface area contributed by atoms with Crippen molar-refractivity contribution in [2.45, 2.75) is 58.5 Å². The quantitative estimate of drug-likeness (QED) is 0.838. The zero-order valence-corrected chi connectivity index (χ0v) is 13.8. The molecule has 0 heterocycles. The van der Waals surface area contributed by atoms with Gasteiger partial charge in [-0.05, 0) is 42.6 Å². The molecule has 0 saturated heterocycles. The van der Waals surface area contributed by atoms with Gasteiger partial charge in [-0.3, -0.25) is 0 Å². The van der Waals surface area contributed by atoms with E-state index in [9.17, 15) is 5.11 Å². The van der Waals surface area contributed by atoms with Crippen molar-refractivity contribution < 1.29 is 5.11 Å². The molecule has 0 aliphatic heterocycles. The van der Waals surface area contributed by atoms with Crippen LogP contribution in [-0.2, 0) is 6.42 Å². The zero-order valence-electron chi connectivity index (χ0n) is 13.8. The summed E-state index contributed by atoms with van der Waals surface area (Å²) in [5, 5.41) is 13.5. The third-order valence-corrected chi connectivity index (χ3v) is 5.02. The van der Waals surface area contributed by atoms with Crippen LogP contribution in [0.25, 0.3) is 0 Å². The standard InChI is InChI=1S/C19H31NO/c1-14(2)18-10-9-15(3)11-19(18)20-17(13-21)12-16-7-5-4-6-8-16/h4-8,14-15,17-21H,9-13H2,1-3H3. The number of aliphatic hydroxyl groups is 1. The number of benzene rings is 1. The minimum absolute atomic E-state index is 0.170. The van der Waals surface area contributed by atoms with Crippen molar-refractivity contribution >= 4 is 0 Å². The Balaban J connectivity index is 1.98. The molecule has 0 spiro atoms. The Labute approximate surface area is 130 Å². The molecule has 4 unspecified atom stereocenters. The van der Waals surface area contributed by atoms with E-state index in [1.165, 1.54) is 24.8 Å². The molecule has 2 N–H and O–H groups in total. The lowest BCUT2D eigenvalue weighted by atomic mass is 9.73. The Hall–Kier alpha value is -0.860. The molecule has 1 aromatic carbocycles. The van der Waals surface area contributed by atoms with Crippen LogP contribution in [-0.4, -0.2) is 23.8 Å². The van der Waals surface area contributed by atoms with Crippen LogP contribution in [0.15, 0.2) is 30.3 Å². The van der Waals surface area contributed by atoms with Gasteiger partial charge in [0.2, 0.25) is 0 Å². The molecule has 118 valence electrons. The van der Waals surface area contributed by atoms with Gasteiger partial charge in [-0.2, -0.15) is 0 Å². The first-order valence-corrected chi connectivity index (χ1v) is 8.51. The molecular formula is C19H31NO. The number of hydrogen-bond donors (Lipinski definition) is 2. The van der Waals surface area contributed by atoms with Crippen LogP contribution in [0.5, 0.6) is 0 Å². The highest BCUT2D eigenvalue weighted by Crippen LogP contribution is 2.33. The summed E-state index contributed by atoms with van der Waals surface area (Å²) in [6.45, 7) is 7.24. The summed E-state index contributed by atoms with van der Waals surface area (Å²) in [6.07, 6.45) is 4.82. The molecule has 1 aliphatic carbocycles. The van der Waals surface area contributed by atoms with Gasteiger partial charge in [0.25, 0.3) is 0 Å². The van der Waals surface area contributed by atoms with Crippen molar-refractivity contribution in [1.82, 2.24) is 5.32 Å². The highest BCUT2D eigenvalue weighted by atomic mass is 16.3. The second kappa shape index (κ2) is 7.95. The molecule has 4 atom stereocenters. The van der Waals surface area contributed by atoms with Gasteiger partial charge in [-0.15, -0.1) is 0 Å². The minimum Gasteiger partial charge on any atom is -0.395 e. The van der Waals surface area contributed by atoms with E-state index in [4.69, 9.17) is 0 Å². The highest BCUT2D eigenvalue weighted by Gasteiger charge is 2.31. The fraction of sp³-hybridized carbons (Fsp3) is 0.684. The van der Waals surface area contributed by atoms with Gasteiger partial charge in [-0.25, -0.2) is 0 Å². The topological polar surface area (TPSA) is 32.3 Å². The Morgan fingerprint density at radius 1 is 1.19 bits per heavy atom. The van der Waals surface area contributed by atoms with Gasteiger partial charge in [0.1, 0.15) is 0 Å². The van der Waals surface area contributed by atoms with Crippen molar-refractivity contribution in [2.75, 3.05) is 6.61 Å². The van der Waals surface area contributed by atoms with Gasteiger partial charge in [0, 0.05) is 12.1 Å². The van der Waals surface area contributed by atoms with Crippen LogP contribution in [0, 0.1) is 17.8 Å². The SMILES string of the molecule is CC1CCC(C(C)C)C(NC(CO)Cc2ccccc2)C1. The van der Waals surface area contributed by atoms with E-state index < -0.39 is 0 Å². The van der Waals surface area contributed by atoms with Crippen LogP contribution in [0.2, 0.25) is 0 Å². The second-order valence-corrected chi connectivity index (χ2v) is 7.17. The van der Waals surface area contributed by atoms with Gasteiger partial charge in [0.05, 0.1) is 6.61 Å².